The molecule has 14 heavy (non-hydrogen) atoms. The van der Waals surface area contributed by atoms with Gasteiger partial charge in [-0.2, -0.15) is 15.8 Å². The molecule has 0 aliphatic rings. The molecule has 2 N–H and O–H groups in total. The van der Waals surface area contributed by atoms with Crippen molar-refractivity contribution in [1.29, 1.82) is 15.8 Å². The number of rotatable bonds is 2. The molecule has 0 heterocycles. The Hall–Kier alpha value is -2.58. The number of hydrogen-bond acceptors (Lipinski definition) is 5. The minimum absolute atomic E-state index is 0.0904. The summed E-state index contributed by atoms with van der Waals surface area (Å²) in [6.07, 6.45) is 2.69. The largest absolute Gasteiger partial charge is 0.388 e. The molecular formula is C9H9N5. The van der Waals surface area contributed by atoms with Gasteiger partial charge in [0.1, 0.15) is 17.8 Å². The molecule has 0 aromatic carbocycles. The first-order chi connectivity index (χ1) is 6.67. The van der Waals surface area contributed by atoms with Gasteiger partial charge in [-0.15, -0.1) is 0 Å². The van der Waals surface area contributed by atoms with Crippen molar-refractivity contribution >= 4 is 6.21 Å². The Morgan fingerprint density at radius 1 is 1.36 bits per heavy atom. The minimum Gasteiger partial charge on any atom is -0.388 e. The highest BCUT2D eigenvalue weighted by Gasteiger charge is 1.96. The third-order valence-corrected chi connectivity index (χ3v) is 0.791. The summed E-state index contributed by atoms with van der Waals surface area (Å²) < 4.78 is 0. The maximum atomic E-state index is 8.37. The van der Waals surface area contributed by atoms with Crippen LogP contribution in [0.25, 0.3) is 0 Å². The number of nitrogens with zero attached hydrogens (tertiary/aromatic N) is 4. The fourth-order valence-electron chi connectivity index (χ4n) is 0.339. The summed E-state index contributed by atoms with van der Waals surface area (Å²) in [7, 11) is 0. The molecule has 0 rings (SSSR count). The molecule has 0 aromatic heterocycles. The van der Waals surface area contributed by atoms with Crippen LogP contribution in [0.3, 0.4) is 0 Å². The lowest BCUT2D eigenvalue weighted by atomic mass is 10.4. The summed E-state index contributed by atoms with van der Waals surface area (Å²) in [6.45, 7) is 4.78. The monoisotopic (exact) mass is 187 g/mol. The van der Waals surface area contributed by atoms with Gasteiger partial charge in [0.15, 0.2) is 5.70 Å². The van der Waals surface area contributed by atoms with Gasteiger partial charge >= 0.3 is 0 Å². The average Bonchev–Trinajstić information content (AvgIpc) is 2.19. The van der Waals surface area contributed by atoms with Crippen LogP contribution in [0.15, 0.2) is 29.0 Å². The molecule has 0 spiro atoms. The van der Waals surface area contributed by atoms with Gasteiger partial charge < -0.3 is 5.73 Å². The zero-order valence-corrected chi connectivity index (χ0v) is 7.73. The second-order valence-electron chi connectivity index (χ2n) is 1.72. The highest BCUT2D eigenvalue weighted by molar-refractivity contribution is 5.72. The van der Waals surface area contributed by atoms with E-state index in [4.69, 9.17) is 21.5 Å². The van der Waals surface area contributed by atoms with Gasteiger partial charge in [0, 0.05) is 13.1 Å². The summed E-state index contributed by atoms with van der Waals surface area (Å²) in [4.78, 5) is 3.56. The van der Waals surface area contributed by atoms with Crippen LogP contribution in [-0.4, -0.2) is 6.21 Å². The molecule has 0 radical (unpaired) electrons. The van der Waals surface area contributed by atoms with E-state index in [2.05, 4.69) is 11.6 Å². The van der Waals surface area contributed by atoms with Crippen LogP contribution in [0.2, 0.25) is 0 Å². The number of nitrogens with two attached hydrogens (primary N) is 1. The molecule has 0 aliphatic heterocycles. The lowest BCUT2D eigenvalue weighted by Crippen LogP contribution is -1.96. The number of nitriles is 3. The highest BCUT2D eigenvalue weighted by atomic mass is 14.8. The highest BCUT2D eigenvalue weighted by Crippen LogP contribution is 1.96. The quantitative estimate of drug-likeness (QED) is 0.513. The Kier molecular flexibility index (Phi) is 10.4. The van der Waals surface area contributed by atoms with Crippen molar-refractivity contribution in [3.63, 3.8) is 0 Å². The van der Waals surface area contributed by atoms with Crippen LogP contribution in [0.5, 0.6) is 0 Å². The molecule has 5 nitrogen and oxygen atoms in total. The van der Waals surface area contributed by atoms with Crippen LogP contribution >= 0.6 is 0 Å². The fourth-order valence-corrected chi connectivity index (χ4v) is 0.339. The van der Waals surface area contributed by atoms with Crippen LogP contribution in [0.4, 0.5) is 0 Å². The molecule has 0 bridgehead atoms. The predicted octanol–water partition coefficient (Wildman–Crippen LogP) is 0.991. The van der Waals surface area contributed by atoms with E-state index in [-0.39, 0.29) is 11.4 Å². The van der Waals surface area contributed by atoms with Crippen molar-refractivity contribution < 1.29 is 0 Å². The van der Waals surface area contributed by atoms with Gasteiger partial charge in [0.2, 0.25) is 0 Å². The van der Waals surface area contributed by atoms with Gasteiger partial charge in [0.05, 0.1) is 6.07 Å². The second kappa shape index (κ2) is 10.4. The van der Waals surface area contributed by atoms with Crippen LogP contribution in [0, 0.1) is 34.0 Å². The third kappa shape index (κ3) is 7.53. The van der Waals surface area contributed by atoms with Crippen LogP contribution in [0.1, 0.15) is 6.92 Å². The Labute approximate surface area is 82.7 Å². The molecule has 0 atom stereocenters. The lowest BCUT2D eigenvalue weighted by molar-refractivity contribution is 1.27. The van der Waals surface area contributed by atoms with Gasteiger partial charge in [-0.1, -0.05) is 12.7 Å². The van der Waals surface area contributed by atoms with E-state index in [9.17, 15) is 0 Å². The van der Waals surface area contributed by atoms with E-state index in [1.807, 2.05) is 0 Å². The van der Waals surface area contributed by atoms with E-state index in [0.29, 0.717) is 0 Å². The lowest BCUT2D eigenvalue weighted by Gasteiger charge is -1.86. The molecule has 0 unspecified atom stereocenters. The Morgan fingerprint density at radius 3 is 2.14 bits per heavy atom. The first-order valence-electron chi connectivity index (χ1n) is 3.43. The standard InChI is InChI=1S/C7H6N4.C2H3N/c1-2-3-11-7(5-9)6(10)4-8;1-2-3/h2-3H,1,10H2;1H3/b7-6+,11-3?;. The molecule has 5 heteroatoms. The summed E-state index contributed by atoms with van der Waals surface area (Å²) in [5.41, 5.74) is 4.84. The van der Waals surface area contributed by atoms with Crippen molar-refractivity contribution in [2.75, 3.05) is 0 Å². The predicted molar refractivity (Wildman–Crippen MR) is 52.4 cm³/mol. The topological polar surface area (TPSA) is 110 Å². The SMILES string of the molecule is C=CC=N/C(C#N)=C(/N)C#N.CC#N. The molecular weight excluding hydrogens is 178 g/mol. The Bertz CT molecular complexity index is 356. The van der Waals surface area contributed by atoms with Crippen molar-refractivity contribution in [3.05, 3.63) is 24.0 Å². The molecule has 0 saturated carbocycles. The first kappa shape index (κ1) is 14.0. The minimum atomic E-state index is -0.189. The molecule has 0 fully saturated rings. The number of aliphatic imine (C=N–C) groups is 1. The number of hydrogen-bond donors (Lipinski definition) is 1. The van der Waals surface area contributed by atoms with Crippen molar-refractivity contribution in [2.45, 2.75) is 6.92 Å². The molecule has 70 valence electrons. The summed E-state index contributed by atoms with van der Waals surface area (Å²) >= 11 is 0. The van der Waals surface area contributed by atoms with Crippen molar-refractivity contribution in [2.24, 2.45) is 10.7 Å². The molecule has 0 saturated heterocycles. The zero-order chi connectivity index (χ0) is 11.4. The maximum absolute atomic E-state index is 8.37. The zero-order valence-electron chi connectivity index (χ0n) is 7.73. The fraction of sp³-hybridized carbons (Fsp3) is 0.111. The first-order valence-corrected chi connectivity index (χ1v) is 3.43. The maximum Gasteiger partial charge on any atom is 0.174 e. The molecule has 0 amide bonds. The van der Waals surface area contributed by atoms with Gasteiger partial charge in [-0.05, 0) is 0 Å². The van der Waals surface area contributed by atoms with Crippen molar-refractivity contribution in [1.82, 2.24) is 0 Å². The van der Waals surface area contributed by atoms with E-state index in [1.165, 1.54) is 19.2 Å². The molecule has 0 aliphatic carbocycles. The summed E-state index contributed by atoms with van der Waals surface area (Å²) in [6, 6.07) is 5.04. The number of allylic oxidation sites excluding steroid dienone is 3. The Balaban J connectivity index is 0. The Morgan fingerprint density at radius 2 is 1.86 bits per heavy atom. The van der Waals surface area contributed by atoms with E-state index in [1.54, 1.807) is 18.2 Å². The second-order valence-corrected chi connectivity index (χ2v) is 1.72. The van der Waals surface area contributed by atoms with Gasteiger partial charge in [0.25, 0.3) is 0 Å². The average molecular weight is 187 g/mol. The summed E-state index contributed by atoms with van der Waals surface area (Å²) in [5.74, 6) is 0. The van der Waals surface area contributed by atoms with Crippen LogP contribution < -0.4 is 5.73 Å². The van der Waals surface area contributed by atoms with Gasteiger partial charge in [-0.3, -0.25) is 0 Å². The van der Waals surface area contributed by atoms with E-state index < -0.39 is 0 Å². The third-order valence-electron chi connectivity index (χ3n) is 0.791. The van der Waals surface area contributed by atoms with E-state index in [0.717, 1.165) is 0 Å². The smallest absolute Gasteiger partial charge is 0.174 e. The van der Waals surface area contributed by atoms with Gasteiger partial charge in [-0.25, -0.2) is 4.99 Å². The van der Waals surface area contributed by atoms with E-state index >= 15 is 0 Å². The van der Waals surface area contributed by atoms with Crippen molar-refractivity contribution in [3.8, 4) is 18.2 Å². The molecule has 0 aromatic rings. The summed E-state index contributed by atoms with van der Waals surface area (Å²) in [5, 5.41) is 23.9. The van der Waals surface area contributed by atoms with Crippen LogP contribution in [-0.2, 0) is 0 Å². The normalized spacial score (nSPS) is 9.57.